The second-order valence-electron chi connectivity index (χ2n) is 4.74. The number of hydrogen-bond donors (Lipinski definition) is 3. The van der Waals surface area contributed by atoms with Crippen LogP contribution in [0.5, 0.6) is 5.75 Å². The first kappa shape index (κ1) is 15.3. The molecule has 0 saturated carbocycles. The molecule has 0 bridgehead atoms. The van der Waals surface area contributed by atoms with E-state index in [2.05, 4.69) is 25.3 Å². The van der Waals surface area contributed by atoms with E-state index in [4.69, 9.17) is 5.11 Å². The van der Waals surface area contributed by atoms with Gasteiger partial charge in [0.25, 0.3) is 5.91 Å². The van der Waals surface area contributed by atoms with Gasteiger partial charge in [0.1, 0.15) is 23.4 Å². The predicted molar refractivity (Wildman–Crippen MR) is 82.2 cm³/mol. The Labute approximate surface area is 135 Å². The van der Waals surface area contributed by atoms with Crippen LogP contribution in [0.4, 0.5) is 0 Å². The molecule has 0 unspecified atom stereocenters. The fourth-order valence-electron chi connectivity index (χ4n) is 2.19. The molecule has 1 amide bonds. The second-order valence-corrected chi connectivity index (χ2v) is 4.74. The lowest BCUT2D eigenvalue weighted by Crippen LogP contribution is -2.29. The van der Waals surface area contributed by atoms with Gasteiger partial charge in [0.15, 0.2) is 0 Å². The van der Waals surface area contributed by atoms with Crippen LogP contribution in [-0.4, -0.2) is 48.6 Å². The third-order valence-electron chi connectivity index (χ3n) is 3.20. The zero-order chi connectivity index (χ0) is 17.1. The highest BCUT2D eigenvalue weighted by Gasteiger charge is 2.22. The van der Waals surface area contributed by atoms with Gasteiger partial charge in [-0.05, 0) is 6.07 Å². The van der Waals surface area contributed by atoms with Crippen molar-refractivity contribution in [3.8, 4) is 17.0 Å². The summed E-state index contributed by atoms with van der Waals surface area (Å²) in [6.45, 7) is -0.588. The van der Waals surface area contributed by atoms with Gasteiger partial charge in [-0.2, -0.15) is 0 Å². The second kappa shape index (κ2) is 6.24. The smallest absolute Gasteiger partial charge is 0.322 e. The Kier molecular flexibility index (Phi) is 3.98. The maximum absolute atomic E-state index is 12.3. The lowest BCUT2D eigenvalue weighted by Gasteiger charge is -2.11. The lowest BCUT2D eigenvalue weighted by atomic mass is 10.0. The Balaban J connectivity index is 2.20. The van der Waals surface area contributed by atoms with Crippen molar-refractivity contribution in [1.82, 2.24) is 25.3 Å². The van der Waals surface area contributed by atoms with Gasteiger partial charge in [-0.25, -0.2) is 0 Å². The van der Waals surface area contributed by atoms with Crippen molar-refractivity contribution in [3.63, 3.8) is 0 Å². The van der Waals surface area contributed by atoms with Crippen molar-refractivity contribution in [1.29, 1.82) is 0 Å². The van der Waals surface area contributed by atoms with E-state index >= 15 is 0 Å². The van der Waals surface area contributed by atoms with E-state index in [-0.39, 0.29) is 22.4 Å². The number of benzene rings is 1. The first-order valence-electron chi connectivity index (χ1n) is 6.81. The van der Waals surface area contributed by atoms with E-state index in [9.17, 15) is 14.7 Å². The summed E-state index contributed by atoms with van der Waals surface area (Å²) in [5, 5.41) is 21.4. The summed E-state index contributed by atoms with van der Waals surface area (Å²) in [7, 11) is 0. The molecule has 9 nitrogen and oxygen atoms in total. The molecule has 3 rings (SSSR count). The number of aromatic hydroxyl groups is 1. The summed E-state index contributed by atoms with van der Waals surface area (Å²) >= 11 is 0. The van der Waals surface area contributed by atoms with Crippen molar-refractivity contribution in [3.05, 3.63) is 42.6 Å². The van der Waals surface area contributed by atoms with Crippen LogP contribution in [0.1, 0.15) is 10.4 Å². The van der Waals surface area contributed by atoms with Crippen molar-refractivity contribution < 1.29 is 19.8 Å². The van der Waals surface area contributed by atoms with Crippen molar-refractivity contribution >= 4 is 22.9 Å². The Morgan fingerprint density at radius 3 is 2.54 bits per heavy atom. The summed E-state index contributed by atoms with van der Waals surface area (Å²) in [6.07, 6.45) is 7.16. The third kappa shape index (κ3) is 2.82. The number of phenolic OH excluding ortho intramolecular Hbond substituents is 1. The van der Waals surface area contributed by atoms with Crippen molar-refractivity contribution in [2.75, 3.05) is 6.54 Å². The number of fused-ring (bicyclic) bond motifs is 1. The third-order valence-corrected chi connectivity index (χ3v) is 3.20. The highest BCUT2D eigenvalue weighted by molar-refractivity contribution is 6.10. The monoisotopic (exact) mass is 325 g/mol. The number of phenols is 1. The summed E-state index contributed by atoms with van der Waals surface area (Å²) in [5.74, 6) is -2.35. The van der Waals surface area contributed by atoms with Crippen LogP contribution in [0.3, 0.4) is 0 Å². The molecule has 120 valence electrons. The maximum Gasteiger partial charge on any atom is 0.322 e. The zero-order valence-electron chi connectivity index (χ0n) is 12.2. The number of carboxylic acids is 1. The van der Waals surface area contributed by atoms with Crippen LogP contribution in [0, 0.1) is 0 Å². The van der Waals surface area contributed by atoms with Gasteiger partial charge in [0.2, 0.25) is 0 Å². The molecule has 0 aliphatic rings. The lowest BCUT2D eigenvalue weighted by molar-refractivity contribution is -0.135. The predicted octanol–water partition coefficient (Wildman–Crippen LogP) is 0.607. The number of carbonyl (C=O) groups excluding carboxylic acids is 1. The largest absolute Gasteiger partial charge is 0.506 e. The molecule has 0 radical (unpaired) electrons. The van der Waals surface area contributed by atoms with Gasteiger partial charge < -0.3 is 15.5 Å². The number of rotatable bonds is 4. The van der Waals surface area contributed by atoms with E-state index in [1.807, 2.05) is 0 Å². The Morgan fingerprint density at radius 1 is 1.08 bits per heavy atom. The van der Waals surface area contributed by atoms with E-state index in [0.29, 0.717) is 11.2 Å². The minimum Gasteiger partial charge on any atom is -0.506 e. The van der Waals surface area contributed by atoms with E-state index in [1.165, 1.54) is 37.1 Å². The molecule has 9 heteroatoms. The van der Waals surface area contributed by atoms with Gasteiger partial charge in [0.05, 0.1) is 17.4 Å². The molecule has 0 aliphatic heterocycles. The van der Waals surface area contributed by atoms with Gasteiger partial charge in [-0.3, -0.25) is 29.5 Å². The van der Waals surface area contributed by atoms with E-state index < -0.39 is 18.4 Å². The minimum atomic E-state index is -1.21. The van der Waals surface area contributed by atoms with Crippen LogP contribution >= 0.6 is 0 Å². The number of nitrogens with zero attached hydrogens (tertiary/aromatic N) is 4. The molecule has 1 aromatic carbocycles. The van der Waals surface area contributed by atoms with Gasteiger partial charge in [0, 0.05) is 30.4 Å². The van der Waals surface area contributed by atoms with Crippen LogP contribution in [0.25, 0.3) is 22.3 Å². The molecule has 0 atom stereocenters. The molecule has 24 heavy (non-hydrogen) atoms. The molecule has 3 N–H and O–H groups in total. The molecule has 0 fully saturated rings. The summed E-state index contributed by atoms with van der Waals surface area (Å²) in [5.41, 5.74) is 0.941. The maximum atomic E-state index is 12.3. The van der Waals surface area contributed by atoms with Crippen molar-refractivity contribution in [2.45, 2.75) is 0 Å². The average molecular weight is 325 g/mol. The van der Waals surface area contributed by atoms with Crippen LogP contribution in [0.2, 0.25) is 0 Å². The zero-order valence-corrected chi connectivity index (χ0v) is 12.2. The number of aliphatic carboxylic acids is 1. The Bertz CT molecular complexity index is 930. The number of hydrogen-bond acceptors (Lipinski definition) is 7. The van der Waals surface area contributed by atoms with E-state index in [1.54, 1.807) is 0 Å². The normalized spacial score (nSPS) is 10.5. The molecular weight excluding hydrogens is 314 g/mol. The fourth-order valence-corrected chi connectivity index (χ4v) is 2.19. The first-order valence-corrected chi connectivity index (χ1v) is 6.81. The Morgan fingerprint density at radius 2 is 1.83 bits per heavy atom. The summed E-state index contributed by atoms with van der Waals surface area (Å²) < 4.78 is 0. The number of carboxylic acid groups (broad SMARTS) is 1. The highest BCUT2D eigenvalue weighted by atomic mass is 16.4. The minimum absolute atomic E-state index is 0.158. The van der Waals surface area contributed by atoms with Gasteiger partial charge >= 0.3 is 5.97 Å². The standard InChI is InChI=1S/C15H11N5O4/c21-11(22)7-20-15(24)12-13-9(17-3-4-19-13)5-8(14(12)23)10-6-16-1-2-18-10/h1-6,23H,7H2,(H,20,24)(H,21,22). The molecule has 2 heterocycles. The molecule has 0 spiro atoms. The molecule has 2 aromatic heterocycles. The number of carbonyl (C=O) groups is 2. The summed E-state index contributed by atoms with van der Waals surface area (Å²) in [4.78, 5) is 39.2. The Hall–Kier alpha value is -3.62. The van der Waals surface area contributed by atoms with Gasteiger partial charge in [-0.15, -0.1) is 0 Å². The number of amides is 1. The van der Waals surface area contributed by atoms with Gasteiger partial charge in [-0.1, -0.05) is 0 Å². The average Bonchev–Trinajstić information content (AvgIpc) is 2.60. The summed E-state index contributed by atoms with van der Waals surface area (Å²) in [6, 6.07) is 1.54. The first-order chi connectivity index (χ1) is 11.6. The van der Waals surface area contributed by atoms with Crippen LogP contribution in [-0.2, 0) is 4.79 Å². The highest BCUT2D eigenvalue weighted by Crippen LogP contribution is 2.35. The van der Waals surface area contributed by atoms with Crippen LogP contribution in [0.15, 0.2) is 37.1 Å². The topological polar surface area (TPSA) is 138 Å². The van der Waals surface area contributed by atoms with E-state index in [0.717, 1.165) is 0 Å². The molecular formula is C15H11N5O4. The molecule has 3 aromatic rings. The number of aromatic nitrogens is 4. The van der Waals surface area contributed by atoms with Crippen molar-refractivity contribution in [2.24, 2.45) is 0 Å². The quantitative estimate of drug-likeness (QED) is 0.634. The molecule has 0 aliphatic carbocycles. The SMILES string of the molecule is O=C(O)CNC(=O)c1c(O)c(-c2cnccn2)cc2nccnc12. The molecule has 0 saturated heterocycles. The fraction of sp³-hybridized carbons (Fsp3) is 0.0667. The van der Waals surface area contributed by atoms with Crippen LogP contribution < -0.4 is 5.32 Å². The number of nitrogens with one attached hydrogen (secondary N) is 1.